The van der Waals surface area contributed by atoms with E-state index in [1.54, 1.807) is 0 Å². The highest BCUT2D eigenvalue weighted by Crippen LogP contribution is 2.24. The molecule has 0 saturated carbocycles. The standard InChI is InChI=1S/C9H13ClN4O/c10-9-12-5-7(11)8(13-9)14-3-1-6(15)2-4-14/h5-6,15H,1-4,11H2. The quantitative estimate of drug-likeness (QED) is 0.692. The van der Waals surface area contributed by atoms with Crippen molar-refractivity contribution in [3.05, 3.63) is 11.5 Å². The number of nitrogens with zero attached hydrogens (tertiary/aromatic N) is 3. The Hall–Kier alpha value is -1.07. The van der Waals surface area contributed by atoms with E-state index in [1.807, 2.05) is 4.90 Å². The fraction of sp³-hybridized carbons (Fsp3) is 0.556. The van der Waals surface area contributed by atoms with Gasteiger partial charge in [-0.05, 0) is 24.4 Å². The lowest BCUT2D eigenvalue weighted by Gasteiger charge is -2.31. The molecule has 2 heterocycles. The average Bonchev–Trinajstić information content (AvgIpc) is 2.23. The molecule has 2 rings (SSSR count). The molecule has 0 aromatic carbocycles. The third-order valence-corrected chi connectivity index (χ3v) is 2.71. The Morgan fingerprint density at radius 2 is 2.13 bits per heavy atom. The van der Waals surface area contributed by atoms with Gasteiger partial charge in [-0.1, -0.05) is 0 Å². The van der Waals surface area contributed by atoms with Crippen LogP contribution in [0.5, 0.6) is 0 Å². The molecule has 82 valence electrons. The predicted octanol–water partition coefficient (Wildman–Crippen LogP) is 0.673. The van der Waals surface area contributed by atoms with Gasteiger partial charge in [0.15, 0.2) is 5.82 Å². The van der Waals surface area contributed by atoms with Crippen molar-refractivity contribution in [3.8, 4) is 0 Å². The first kappa shape index (κ1) is 10.4. The Morgan fingerprint density at radius 1 is 1.47 bits per heavy atom. The van der Waals surface area contributed by atoms with E-state index in [1.165, 1.54) is 6.20 Å². The van der Waals surface area contributed by atoms with Crippen molar-refractivity contribution in [3.63, 3.8) is 0 Å². The number of rotatable bonds is 1. The van der Waals surface area contributed by atoms with Crippen LogP contribution in [0.1, 0.15) is 12.8 Å². The van der Waals surface area contributed by atoms with Gasteiger partial charge in [0.2, 0.25) is 5.28 Å². The molecule has 0 aliphatic carbocycles. The normalized spacial score (nSPS) is 18.1. The topological polar surface area (TPSA) is 75.3 Å². The van der Waals surface area contributed by atoms with E-state index in [0.29, 0.717) is 11.5 Å². The molecule has 1 aliphatic rings. The zero-order chi connectivity index (χ0) is 10.8. The number of aromatic nitrogens is 2. The molecule has 1 saturated heterocycles. The Morgan fingerprint density at radius 3 is 2.80 bits per heavy atom. The Labute approximate surface area is 92.9 Å². The van der Waals surface area contributed by atoms with Gasteiger partial charge in [-0.25, -0.2) is 4.98 Å². The largest absolute Gasteiger partial charge is 0.394 e. The highest BCUT2D eigenvalue weighted by atomic mass is 35.5. The molecule has 1 fully saturated rings. The maximum atomic E-state index is 9.38. The second-order valence-electron chi connectivity index (χ2n) is 3.64. The Balaban J connectivity index is 2.18. The molecular formula is C9H13ClN4O. The first-order valence-electron chi connectivity index (χ1n) is 4.88. The third-order valence-electron chi connectivity index (χ3n) is 2.53. The van der Waals surface area contributed by atoms with Crippen molar-refractivity contribution in [2.24, 2.45) is 0 Å². The molecule has 15 heavy (non-hydrogen) atoms. The first-order valence-corrected chi connectivity index (χ1v) is 5.25. The number of nitrogen functional groups attached to an aromatic ring is 1. The lowest BCUT2D eigenvalue weighted by atomic mass is 10.1. The van der Waals surface area contributed by atoms with Gasteiger partial charge in [0.05, 0.1) is 18.0 Å². The van der Waals surface area contributed by atoms with Crippen LogP contribution in [-0.4, -0.2) is 34.3 Å². The molecule has 1 aromatic heterocycles. The van der Waals surface area contributed by atoms with Crippen molar-refractivity contribution < 1.29 is 5.11 Å². The van der Waals surface area contributed by atoms with Crippen LogP contribution in [0.4, 0.5) is 11.5 Å². The molecule has 0 bridgehead atoms. The summed E-state index contributed by atoms with van der Waals surface area (Å²) >= 11 is 5.71. The monoisotopic (exact) mass is 228 g/mol. The van der Waals surface area contributed by atoms with Gasteiger partial charge < -0.3 is 15.7 Å². The van der Waals surface area contributed by atoms with E-state index in [-0.39, 0.29) is 11.4 Å². The van der Waals surface area contributed by atoms with Crippen LogP contribution in [-0.2, 0) is 0 Å². The minimum atomic E-state index is -0.209. The molecule has 0 unspecified atom stereocenters. The highest BCUT2D eigenvalue weighted by Gasteiger charge is 2.20. The lowest BCUT2D eigenvalue weighted by Crippen LogP contribution is -2.36. The SMILES string of the molecule is Nc1cnc(Cl)nc1N1CCC(O)CC1. The van der Waals surface area contributed by atoms with E-state index in [4.69, 9.17) is 17.3 Å². The highest BCUT2D eigenvalue weighted by molar-refractivity contribution is 6.28. The smallest absolute Gasteiger partial charge is 0.224 e. The summed E-state index contributed by atoms with van der Waals surface area (Å²) in [6, 6.07) is 0. The number of anilines is 2. The molecule has 5 nitrogen and oxygen atoms in total. The van der Waals surface area contributed by atoms with Gasteiger partial charge in [-0.3, -0.25) is 0 Å². The van der Waals surface area contributed by atoms with Crippen molar-refractivity contribution in [2.45, 2.75) is 18.9 Å². The summed E-state index contributed by atoms with van der Waals surface area (Å²) in [5.41, 5.74) is 6.29. The van der Waals surface area contributed by atoms with Gasteiger partial charge in [0.1, 0.15) is 0 Å². The minimum Gasteiger partial charge on any atom is -0.394 e. The number of hydrogen-bond donors (Lipinski definition) is 2. The van der Waals surface area contributed by atoms with Crippen LogP contribution in [0.25, 0.3) is 0 Å². The fourth-order valence-electron chi connectivity index (χ4n) is 1.69. The van der Waals surface area contributed by atoms with E-state index in [9.17, 15) is 5.11 Å². The zero-order valence-corrected chi connectivity index (χ0v) is 8.98. The molecule has 0 spiro atoms. The molecule has 1 aliphatic heterocycles. The van der Waals surface area contributed by atoms with E-state index in [0.717, 1.165) is 25.9 Å². The second kappa shape index (κ2) is 4.20. The van der Waals surface area contributed by atoms with Crippen molar-refractivity contribution in [1.82, 2.24) is 9.97 Å². The Bertz CT molecular complexity index is 352. The lowest BCUT2D eigenvalue weighted by molar-refractivity contribution is 0.145. The van der Waals surface area contributed by atoms with Gasteiger partial charge in [-0.15, -0.1) is 0 Å². The van der Waals surface area contributed by atoms with Gasteiger partial charge in [0, 0.05) is 13.1 Å². The summed E-state index contributed by atoms with van der Waals surface area (Å²) in [6.07, 6.45) is 2.78. The average molecular weight is 229 g/mol. The number of nitrogens with two attached hydrogens (primary N) is 1. The third kappa shape index (κ3) is 2.30. The van der Waals surface area contributed by atoms with Gasteiger partial charge in [0.25, 0.3) is 0 Å². The van der Waals surface area contributed by atoms with Crippen LogP contribution in [0, 0.1) is 0 Å². The molecule has 1 aromatic rings. The summed E-state index contributed by atoms with van der Waals surface area (Å²) in [5.74, 6) is 0.668. The van der Waals surface area contributed by atoms with Crippen molar-refractivity contribution in [2.75, 3.05) is 23.7 Å². The van der Waals surface area contributed by atoms with E-state index < -0.39 is 0 Å². The summed E-state index contributed by atoms with van der Waals surface area (Å²) in [6.45, 7) is 1.50. The number of aliphatic hydroxyl groups excluding tert-OH is 1. The predicted molar refractivity (Wildman–Crippen MR) is 58.9 cm³/mol. The van der Waals surface area contributed by atoms with Crippen molar-refractivity contribution >= 4 is 23.1 Å². The van der Waals surface area contributed by atoms with E-state index >= 15 is 0 Å². The van der Waals surface area contributed by atoms with Gasteiger partial charge in [-0.2, -0.15) is 4.98 Å². The molecule has 3 N–H and O–H groups in total. The molecule has 6 heteroatoms. The summed E-state index contributed by atoms with van der Waals surface area (Å²) in [5, 5.41) is 9.58. The molecule has 0 atom stereocenters. The fourth-order valence-corrected chi connectivity index (χ4v) is 1.82. The molecule has 0 radical (unpaired) electrons. The van der Waals surface area contributed by atoms with Crippen LogP contribution >= 0.6 is 11.6 Å². The van der Waals surface area contributed by atoms with Crippen LogP contribution in [0.15, 0.2) is 6.20 Å². The second-order valence-corrected chi connectivity index (χ2v) is 3.97. The van der Waals surface area contributed by atoms with Crippen LogP contribution in [0.2, 0.25) is 5.28 Å². The molecule has 0 amide bonds. The Kier molecular flexibility index (Phi) is 2.93. The zero-order valence-electron chi connectivity index (χ0n) is 8.23. The number of halogens is 1. The van der Waals surface area contributed by atoms with Gasteiger partial charge >= 0.3 is 0 Å². The number of piperidine rings is 1. The summed E-state index contributed by atoms with van der Waals surface area (Å²) in [4.78, 5) is 9.92. The maximum absolute atomic E-state index is 9.38. The maximum Gasteiger partial charge on any atom is 0.224 e. The van der Waals surface area contributed by atoms with Crippen LogP contribution < -0.4 is 10.6 Å². The number of aliphatic hydroxyl groups is 1. The summed E-state index contributed by atoms with van der Waals surface area (Å²) < 4.78 is 0. The van der Waals surface area contributed by atoms with Crippen LogP contribution in [0.3, 0.4) is 0 Å². The summed E-state index contributed by atoms with van der Waals surface area (Å²) in [7, 11) is 0. The van der Waals surface area contributed by atoms with Crippen molar-refractivity contribution in [1.29, 1.82) is 0 Å². The van der Waals surface area contributed by atoms with E-state index in [2.05, 4.69) is 9.97 Å². The first-order chi connectivity index (χ1) is 7.16. The number of hydrogen-bond acceptors (Lipinski definition) is 5. The molecular weight excluding hydrogens is 216 g/mol. The minimum absolute atomic E-state index is 0.199.